The second-order valence-corrected chi connectivity index (χ2v) is 6.92. The van der Waals surface area contributed by atoms with Crippen LogP contribution in [0.15, 0.2) is 12.1 Å². The van der Waals surface area contributed by atoms with Crippen LogP contribution in [-0.4, -0.2) is 19.0 Å². The highest BCUT2D eigenvalue weighted by atomic mass is 16.7. The topological polar surface area (TPSA) is 38.7 Å². The molecule has 3 nitrogen and oxygen atoms in total. The highest BCUT2D eigenvalue weighted by molar-refractivity contribution is 5.52. The van der Waals surface area contributed by atoms with Gasteiger partial charge in [-0.15, -0.1) is 0 Å². The van der Waals surface area contributed by atoms with Gasteiger partial charge >= 0.3 is 0 Å². The van der Waals surface area contributed by atoms with Crippen molar-refractivity contribution in [1.29, 1.82) is 0 Å². The summed E-state index contributed by atoms with van der Waals surface area (Å²) in [5.74, 6) is 1.10. The third-order valence-corrected chi connectivity index (χ3v) is 3.01. The molecule has 0 fully saturated rings. The number of benzene rings is 1. The molecule has 0 heterocycles. The maximum atomic E-state index is 9.98. The first kappa shape index (κ1) is 15.8. The molecule has 0 aliphatic heterocycles. The van der Waals surface area contributed by atoms with Crippen LogP contribution in [0.1, 0.15) is 52.7 Å². The summed E-state index contributed by atoms with van der Waals surface area (Å²) < 4.78 is 10.8. The van der Waals surface area contributed by atoms with Gasteiger partial charge in [-0.3, -0.25) is 0 Å². The van der Waals surface area contributed by atoms with E-state index in [2.05, 4.69) is 41.5 Å². The molecule has 0 saturated heterocycles. The van der Waals surface area contributed by atoms with E-state index in [0.29, 0.717) is 0 Å². The Balaban J connectivity index is 3.49. The van der Waals surface area contributed by atoms with Gasteiger partial charge in [-0.25, -0.2) is 0 Å². The van der Waals surface area contributed by atoms with Crippen molar-refractivity contribution >= 4 is 0 Å². The summed E-state index contributed by atoms with van der Waals surface area (Å²) in [5.41, 5.74) is 1.77. The lowest BCUT2D eigenvalue weighted by Crippen LogP contribution is -2.20. The van der Waals surface area contributed by atoms with Crippen LogP contribution in [0.4, 0.5) is 0 Å². The Kier molecular flexibility index (Phi) is 4.51. The van der Waals surface area contributed by atoms with Crippen molar-refractivity contribution in [2.45, 2.75) is 52.4 Å². The van der Waals surface area contributed by atoms with Crippen molar-refractivity contribution in [3.8, 4) is 11.5 Å². The van der Waals surface area contributed by atoms with E-state index in [4.69, 9.17) is 9.47 Å². The molecule has 1 rings (SSSR count). The molecule has 0 radical (unpaired) electrons. The number of aromatic hydroxyl groups is 1. The molecular formula is C16H26O3. The molecule has 19 heavy (non-hydrogen) atoms. The largest absolute Gasteiger partial charge is 0.508 e. The summed E-state index contributed by atoms with van der Waals surface area (Å²) in [6.07, 6.45) is 0. The molecule has 0 atom stereocenters. The normalized spacial score (nSPS) is 12.6. The average Bonchev–Trinajstić information content (AvgIpc) is 2.23. The third kappa shape index (κ3) is 3.87. The Morgan fingerprint density at radius 3 is 1.68 bits per heavy atom. The second kappa shape index (κ2) is 5.41. The van der Waals surface area contributed by atoms with Crippen molar-refractivity contribution in [3.05, 3.63) is 23.3 Å². The number of phenolic OH excluding ortho intramolecular Hbond substituents is 1. The first-order valence-electron chi connectivity index (χ1n) is 6.57. The summed E-state index contributed by atoms with van der Waals surface area (Å²) in [4.78, 5) is 0. The lowest BCUT2D eigenvalue weighted by Gasteiger charge is -2.29. The molecule has 0 saturated carbocycles. The lowest BCUT2D eigenvalue weighted by atomic mass is 9.79. The van der Waals surface area contributed by atoms with E-state index in [1.54, 1.807) is 19.2 Å². The fourth-order valence-electron chi connectivity index (χ4n) is 2.00. The van der Waals surface area contributed by atoms with Gasteiger partial charge in [0.15, 0.2) is 6.79 Å². The molecular weight excluding hydrogens is 240 g/mol. The predicted octanol–water partition coefficient (Wildman–Crippen LogP) is 3.97. The highest BCUT2D eigenvalue weighted by Crippen LogP contribution is 2.42. The zero-order chi connectivity index (χ0) is 14.8. The molecule has 1 aromatic rings. The van der Waals surface area contributed by atoms with Gasteiger partial charge in [0, 0.05) is 18.2 Å². The maximum Gasteiger partial charge on any atom is 0.188 e. The second-order valence-electron chi connectivity index (χ2n) is 6.92. The molecule has 0 spiro atoms. The molecule has 0 bridgehead atoms. The Morgan fingerprint density at radius 2 is 1.37 bits per heavy atom. The molecule has 0 aliphatic rings. The Bertz CT molecular complexity index is 401. The highest BCUT2D eigenvalue weighted by Gasteiger charge is 2.27. The molecule has 1 aromatic carbocycles. The van der Waals surface area contributed by atoms with Crippen LogP contribution < -0.4 is 4.74 Å². The molecule has 0 aliphatic carbocycles. The maximum absolute atomic E-state index is 9.98. The Labute approximate surface area is 116 Å². The summed E-state index contributed by atoms with van der Waals surface area (Å²) in [6, 6.07) is 3.56. The fraction of sp³-hybridized carbons (Fsp3) is 0.625. The van der Waals surface area contributed by atoms with Crippen molar-refractivity contribution in [1.82, 2.24) is 0 Å². The Hall–Kier alpha value is -1.22. The predicted molar refractivity (Wildman–Crippen MR) is 78.0 cm³/mol. The van der Waals surface area contributed by atoms with Gasteiger partial charge in [-0.05, 0) is 23.0 Å². The van der Waals surface area contributed by atoms with Gasteiger partial charge in [0.05, 0.1) is 0 Å². The summed E-state index contributed by atoms with van der Waals surface area (Å²) in [5, 5.41) is 9.98. The van der Waals surface area contributed by atoms with Crippen LogP contribution in [0.25, 0.3) is 0 Å². The standard InChI is InChI=1S/C16H26O3/c1-15(2,3)12-8-11(17)9-13(16(4,5)6)14(12)19-10-18-7/h8-9,17H,10H2,1-7H3. The molecule has 0 unspecified atom stereocenters. The van der Waals surface area contributed by atoms with Crippen LogP contribution in [0, 0.1) is 0 Å². The van der Waals surface area contributed by atoms with Gasteiger partial charge in [0.1, 0.15) is 11.5 Å². The number of methoxy groups -OCH3 is 1. The number of phenols is 1. The first-order chi connectivity index (χ1) is 8.57. The molecule has 0 amide bonds. The van der Waals surface area contributed by atoms with E-state index < -0.39 is 0 Å². The molecule has 1 N–H and O–H groups in total. The van der Waals surface area contributed by atoms with Crippen LogP contribution in [0.2, 0.25) is 0 Å². The van der Waals surface area contributed by atoms with Crippen LogP contribution in [0.5, 0.6) is 11.5 Å². The van der Waals surface area contributed by atoms with Gasteiger partial charge in [0.2, 0.25) is 0 Å². The van der Waals surface area contributed by atoms with E-state index in [1.807, 2.05) is 0 Å². The number of hydrogen-bond donors (Lipinski definition) is 1. The minimum absolute atomic E-state index is 0.109. The van der Waals surface area contributed by atoms with Gasteiger partial charge in [-0.2, -0.15) is 0 Å². The molecule has 3 heteroatoms. The van der Waals surface area contributed by atoms with E-state index >= 15 is 0 Å². The summed E-state index contributed by atoms with van der Waals surface area (Å²) in [7, 11) is 1.61. The minimum atomic E-state index is -0.109. The quantitative estimate of drug-likeness (QED) is 0.841. The molecule has 0 aromatic heterocycles. The fourth-order valence-corrected chi connectivity index (χ4v) is 2.00. The summed E-state index contributed by atoms with van der Waals surface area (Å²) in [6.45, 7) is 12.8. The van der Waals surface area contributed by atoms with Gasteiger partial charge in [-0.1, -0.05) is 41.5 Å². The zero-order valence-corrected chi connectivity index (χ0v) is 13.1. The van der Waals surface area contributed by atoms with Crippen molar-refractivity contribution in [3.63, 3.8) is 0 Å². The minimum Gasteiger partial charge on any atom is -0.508 e. The van der Waals surface area contributed by atoms with Gasteiger partial charge < -0.3 is 14.6 Å². The van der Waals surface area contributed by atoms with E-state index in [-0.39, 0.29) is 23.4 Å². The first-order valence-corrected chi connectivity index (χ1v) is 6.57. The third-order valence-electron chi connectivity index (χ3n) is 3.01. The van der Waals surface area contributed by atoms with E-state index in [1.165, 1.54) is 0 Å². The average molecular weight is 266 g/mol. The number of ether oxygens (including phenoxy) is 2. The van der Waals surface area contributed by atoms with E-state index in [9.17, 15) is 5.11 Å². The van der Waals surface area contributed by atoms with Crippen LogP contribution in [0.3, 0.4) is 0 Å². The smallest absolute Gasteiger partial charge is 0.188 e. The summed E-state index contributed by atoms with van der Waals surface area (Å²) >= 11 is 0. The Morgan fingerprint density at radius 1 is 0.947 bits per heavy atom. The SMILES string of the molecule is COCOc1c(C(C)(C)C)cc(O)cc1C(C)(C)C. The van der Waals surface area contributed by atoms with Crippen LogP contribution >= 0.6 is 0 Å². The van der Waals surface area contributed by atoms with Crippen LogP contribution in [-0.2, 0) is 15.6 Å². The van der Waals surface area contributed by atoms with Crippen molar-refractivity contribution in [2.75, 3.05) is 13.9 Å². The van der Waals surface area contributed by atoms with Crippen molar-refractivity contribution in [2.24, 2.45) is 0 Å². The lowest BCUT2D eigenvalue weighted by molar-refractivity contribution is 0.0484. The van der Waals surface area contributed by atoms with E-state index in [0.717, 1.165) is 16.9 Å². The molecule has 108 valence electrons. The number of hydrogen-bond acceptors (Lipinski definition) is 3. The van der Waals surface area contributed by atoms with Crippen molar-refractivity contribution < 1.29 is 14.6 Å². The van der Waals surface area contributed by atoms with Gasteiger partial charge in [0.25, 0.3) is 0 Å². The monoisotopic (exact) mass is 266 g/mol. The zero-order valence-electron chi connectivity index (χ0n) is 13.1. The number of rotatable bonds is 3.